The minimum Gasteiger partial charge on any atom is -0.506 e. The van der Waals surface area contributed by atoms with Crippen LogP contribution in [0.1, 0.15) is 11.1 Å². The fraction of sp³-hybridized carbons (Fsp3) is 0. The Labute approximate surface area is 164 Å². The summed E-state index contributed by atoms with van der Waals surface area (Å²) in [5.74, 6) is -0.940. The van der Waals surface area contributed by atoms with Crippen LogP contribution in [0.4, 0.5) is 0 Å². The molecule has 0 aliphatic heterocycles. The number of rotatable bonds is 2. The standard InChI is InChI=1S/C16H8Cl4N2O4/c17-9(18)3-5-13(23)11-7(21-15(5)25)1-2-8-12(11)14(24)6(4-10(19)20)16(26)22-8/h1-4H,(H2,21,23,25)(H2,22,24,26). The molecule has 0 saturated carbocycles. The van der Waals surface area contributed by atoms with E-state index in [1.807, 2.05) is 0 Å². The first kappa shape index (κ1) is 18.7. The van der Waals surface area contributed by atoms with Crippen molar-refractivity contribution >= 4 is 80.4 Å². The van der Waals surface area contributed by atoms with Crippen LogP contribution in [0.15, 0.2) is 30.7 Å². The molecule has 0 aliphatic rings. The molecule has 3 rings (SSSR count). The van der Waals surface area contributed by atoms with Gasteiger partial charge in [-0.1, -0.05) is 46.4 Å². The van der Waals surface area contributed by atoms with E-state index in [2.05, 4.69) is 9.97 Å². The number of benzene rings is 1. The van der Waals surface area contributed by atoms with Crippen molar-refractivity contribution in [2.45, 2.75) is 0 Å². The minimum atomic E-state index is -0.638. The molecule has 10 heteroatoms. The molecule has 0 radical (unpaired) electrons. The third-order valence-electron chi connectivity index (χ3n) is 3.68. The largest absolute Gasteiger partial charge is 0.506 e. The Bertz CT molecular complexity index is 1140. The van der Waals surface area contributed by atoms with Crippen LogP contribution in [0.2, 0.25) is 0 Å². The lowest BCUT2D eigenvalue weighted by atomic mass is 10.0. The quantitative estimate of drug-likeness (QED) is 0.451. The number of aromatic nitrogens is 2. The summed E-state index contributed by atoms with van der Waals surface area (Å²) in [6, 6.07) is 2.93. The van der Waals surface area contributed by atoms with Gasteiger partial charge in [-0.2, -0.15) is 0 Å². The average molecular weight is 434 g/mol. The number of pyridine rings is 2. The van der Waals surface area contributed by atoms with E-state index in [1.165, 1.54) is 12.1 Å². The minimum absolute atomic E-state index is 0.0806. The van der Waals surface area contributed by atoms with Gasteiger partial charge in [0.05, 0.1) is 32.9 Å². The van der Waals surface area contributed by atoms with Crippen LogP contribution in [0.5, 0.6) is 11.5 Å². The summed E-state index contributed by atoms with van der Waals surface area (Å²) in [5, 5.41) is 21.3. The maximum absolute atomic E-state index is 12.1. The zero-order valence-corrected chi connectivity index (χ0v) is 15.6. The molecule has 0 amide bonds. The molecule has 0 fully saturated rings. The molecule has 0 atom stereocenters. The summed E-state index contributed by atoms with van der Waals surface area (Å²) in [6.07, 6.45) is 2.13. The molecule has 0 spiro atoms. The van der Waals surface area contributed by atoms with Gasteiger partial charge in [0.2, 0.25) is 0 Å². The van der Waals surface area contributed by atoms with Crippen LogP contribution in [0, 0.1) is 0 Å². The van der Waals surface area contributed by atoms with Crippen LogP contribution in [0.3, 0.4) is 0 Å². The predicted octanol–water partition coefficient (Wildman–Crippen LogP) is 4.33. The van der Waals surface area contributed by atoms with Crippen LogP contribution >= 0.6 is 46.4 Å². The second-order valence-corrected chi connectivity index (χ2v) is 7.23. The number of aromatic hydroxyl groups is 2. The van der Waals surface area contributed by atoms with Gasteiger partial charge in [0.1, 0.15) is 20.5 Å². The van der Waals surface area contributed by atoms with E-state index in [0.29, 0.717) is 0 Å². The number of halogens is 4. The van der Waals surface area contributed by atoms with Gasteiger partial charge >= 0.3 is 0 Å². The highest BCUT2D eigenvalue weighted by Gasteiger charge is 2.18. The molecule has 2 aromatic heterocycles. The lowest BCUT2D eigenvalue weighted by molar-refractivity contribution is 0.474. The highest BCUT2D eigenvalue weighted by Crippen LogP contribution is 2.38. The van der Waals surface area contributed by atoms with E-state index in [-0.39, 0.29) is 41.9 Å². The van der Waals surface area contributed by atoms with E-state index < -0.39 is 22.6 Å². The molecule has 3 aromatic rings. The fourth-order valence-electron chi connectivity index (χ4n) is 2.65. The Morgan fingerprint density at radius 3 is 1.42 bits per heavy atom. The Kier molecular flexibility index (Phi) is 4.94. The van der Waals surface area contributed by atoms with E-state index in [4.69, 9.17) is 46.4 Å². The normalized spacial score (nSPS) is 10.9. The topological polar surface area (TPSA) is 106 Å². The summed E-state index contributed by atoms with van der Waals surface area (Å²) in [6.45, 7) is 0. The summed E-state index contributed by atoms with van der Waals surface area (Å²) in [4.78, 5) is 29.4. The smallest absolute Gasteiger partial charge is 0.259 e. The molecule has 134 valence electrons. The third-order valence-corrected chi connectivity index (χ3v) is 4.12. The van der Waals surface area contributed by atoms with Crippen molar-refractivity contribution in [2.24, 2.45) is 0 Å². The Morgan fingerprint density at radius 1 is 0.769 bits per heavy atom. The molecular formula is C16H8Cl4N2O4. The molecule has 0 saturated heterocycles. The number of aromatic amines is 2. The first-order chi connectivity index (χ1) is 12.2. The van der Waals surface area contributed by atoms with E-state index in [9.17, 15) is 19.8 Å². The molecule has 0 unspecified atom stereocenters. The zero-order valence-electron chi connectivity index (χ0n) is 12.5. The van der Waals surface area contributed by atoms with E-state index in [0.717, 1.165) is 12.2 Å². The van der Waals surface area contributed by atoms with Crippen molar-refractivity contribution in [3.8, 4) is 11.5 Å². The van der Waals surface area contributed by atoms with Gasteiger partial charge in [0.25, 0.3) is 11.1 Å². The number of hydrogen-bond donors (Lipinski definition) is 4. The van der Waals surface area contributed by atoms with Crippen molar-refractivity contribution in [1.82, 2.24) is 9.97 Å². The van der Waals surface area contributed by atoms with Crippen LogP contribution in [-0.4, -0.2) is 20.2 Å². The van der Waals surface area contributed by atoms with Crippen molar-refractivity contribution in [3.05, 3.63) is 53.0 Å². The van der Waals surface area contributed by atoms with Crippen LogP contribution in [0.25, 0.3) is 34.0 Å². The maximum Gasteiger partial charge on any atom is 0.259 e. The van der Waals surface area contributed by atoms with Crippen LogP contribution < -0.4 is 11.1 Å². The van der Waals surface area contributed by atoms with Gasteiger partial charge in [-0.3, -0.25) is 9.59 Å². The lowest BCUT2D eigenvalue weighted by Crippen LogP contribution is -2.12. The number of fused-ring (bicyclic) bond motifs is 3. The van der Waals surface area contributed by atoms with Gasteiger partial charge in [0.15, 0.2) is 0 Å². The zero-order chi connectivity index (χ0) is 19.2. The lowest BCUT2D eigenvalue weighted by Gasteiger charge is -2.11. The van der Waals surface area contributed by atoms with Gasteiger partial charge in [-0.25, -0.2) is 0 Å². The second-order valence-electron chi connectivity index (χ2n) is 5.21. The maximum atomic E-state index is 12.1. The first-order valence-corrected chi connectivity index (χ1v) is 8.44. The van der Waals surface area contributed by atoms with Crippen molar-refractivity contribution in [2.75, 3.05) is 0 Å². The number of hydrogen-bond acceptors (Lipinski definition) is 4. The highest BCUT2D eigenvalue weighted by molar-refractivity contribution is 6.58. The number of nitrogens with one attached hydrogen (secondary N) is 2. The number of H-pyrrole nitrogens is 2. The molecule has 1 aromatic carbocycles. The summed E-state index contributed by atoms with van der Waals surface area (Å²) < 4.78 is -0.499. The van der Waals surface area contributed by atoms with Gasteiger partial charge < -0.3 is 20.2 Å². The average Bonchev–Trinajstić information content (AvgIpc) is 2.54. The molecule has 0 aliphatic carbocycles. The molecular weight excluding hydrogens is 426 g/mol. The van der Waals surface area contributed by atoms with E-state index in [1.54, 1.807) is 0 Å². The monoisotopic (exact) mass is 432 g/mol. The van der Waals surface area contributed by atoms with Gasteiger partial charge in [0, 0.05) is 0 Å². The predicted molar refractivity (Wildman–Crippen MR) is 105 cm³/mol. The second kappa shape index (κ2) is 6.89. The summed E-state index contributed by atoms with van der Waals surface area (Å²) in [5.41, 5.74) is -1.25. The highest BCUT2D eigenvalue weighted by atomic mass is 35.5. The van der Waals surface area contributed by atoms with Crippen molar-refractivity contribution in [3.63, 3.8) is 0 Å². The summed E-state index contributed by atoms with van der Waals surface area (Å²) >= 11 is 22.4. The SMILES string of the molecule is O=c1[nH]c2ccc3[nH]c(=O)c(C=C(Cl)Cl)c(O)c3c2c(O)c1C=C(Cl)Cl. The molecule has 4 N–H and O–H groups in total. The summed E-state index contributed by atoms with van der Waals surface area (Å²) in [7, 11) is 0. The Hall–Kier alpha value is -2.12. The van der Waals surface area contributed by atoms with Gasteiger partial charge in [-0.05, 0) is 24.3 Å². The van der Waals surface area contributed by atoms with Crippen molar-refractivity contribution < 1.29 is 10.2 Å². The molecule has 26 heavy (non-hydrogen) atoms. The molecule has 6 nitrogen and oxygen atoms in total. The van der Waals surface area contributed by atoms with Crippen molar-refractivity contribution in [1.29, 1.82) is 0 Å². The molecule has 0 bridgehead atoms. The van der Waals surface area contributed by atoms with Crippen LogP contribution in [-0.2, 0) is 0 Å². The fourth-order valence-corrected chi connectivity index (χ4v) is 3.09. The van der Waals surface area contributed by atoms with E-state index >= 15 is 0 Å². The Balaban J connectivity index is 2.60. The Morgan fingerprint density at radius 2 is 1.12 bits per heavy atom. The first-order valence-electron chi connectivity index (χ1n) is 6.93. The third kappa shape index (κ3) is 3.17. The van der Waals surface area contributed by atoms with Gasteiger partial charge in [-0.15, -0.1) is 0 Å². The molecule has 2 heterocycles.